The first-order valence-corrected chi connectivity index (χ1v) is 18.5. The molecule has 0 bridgehead atoms. The maximum Gasteiger partial charge on any atom is 0.573 e. The lowest BCUT2D eigenvalue weighted by atomic mass is 9.86. The molecule has 0 aliphatic carbocycles. The van der Waals surface area contributed by atoms with Crippen LogP contribution in [-0.2, 0) is 24.1 Å². The number of benzene rings is 5. The Balaban J connectivity index is 1.35. The molecule has 7 rings (SSSR count). The average Bonchev–Trinajstić information content (AvgIpc) is 3.62. The molecular formula is C40H37F3N3O5P. The van der Waals surface area contributed by atoms with Crippen LogP contribution in [0.25, 0.3) is 0 Å². The first-order chi connectivity index (χ1) is 25.1. The molecule has 5 aromatic carbocycles. The van der Waals surface area contributed by atoms with Gasteiger partial charge in [-0.25, -0.2) is 4.57 Å². The highest BCUT2D eigenvalue weighted by atomic mass is 31.2. The Kier molecular flexibility index (Phi) is 10.2. The second-order valence-corrected chi connectivity index (χ2v) is 14.3. The predicted octanol–water partition coefficient (Wildman–Crippen LogP) is 9.70. The Labute approximate surface area is 300 Å². The minimum atomic E-state index is -4.87. The van der Waals surface area contributed by atoms with E-state index in [9.17, 15) is 22.8 Å². The fourth-order valence-corrected chi connectivity index (χ4v) is 8.06. The number of alkyl halides is 3. The molecule has 1 saturated heterocycles. The zero-order valence-electron chi connectivity index (χ0n) is 28.2. The number of amidine groups is 1. The summed E-state index contributed by atoms with van der Waals surface area (Å²) in [6.07, 6.45) is -2.35. The van der Waals surface area contributed by atoms with E-state index in [1.54, 1.807) is 84.9 Å². The molecule has 1 unspecified atom stereocenters. The molecule has 0 saturated carbocycles. The molecule has 8 nitrogen and oxygen atoms in total. The number of nitrogens with zero attached hydrogens (tertiary/aromatic N) is 3. The van der Waals surface area contributed by atoms with Gasteiger partial charge in [0.1, 0.15) is 28.8 Å². The number of para-hydroxylation sites is 2. The van der Waals surface area contributed by atoms with Gasteiger partial charge in [0.15, 0.2) is 0 Å². The molecule has 0 amide bonds. The number of ether oxygens (including phenoxy) is 1. The minimum absolute atomic E-state index is 0.0415. The number of phenolic OH excluding ortho intramolecular Hbond substituents is 1. The van der Waals surface area contributed by atoms with Gasteiger partial charge in [0, 0.05) is 19.5 Å². The lowest BCUT2D eigenvalue weighted by Gasteiger charge is -2.40. The normalized spacial score (nSPS) is 17.2. The summed E-state index contributed by atoms with van der Waals surface area (Å²) in [5.74, 6) is 0.566. The molecule has 2 aliphatic heterocycles. The van der Waals surface area contributed by atoms with Gasteiger partial charge in [-0.2, -0.15) is 0 Å². The van der Waals surface area contributed by atoms with E-state index in [1.807, 2.05) is 17.0 Å². The lowest BCUT2D eigenvalue weighted by Crippen LogP contribution is -2.40. The molecule has 2 heterocycles. The third-order valence-corrected chi connectivity index (χ3v) is 10.3. The van der Waals surface area contributed by atoms with Crippen molar-refractivity contribution in [2.75, 3.05) is 13.1 Å². The summed E-state index contributed by atoms with van der Waals surface area (Å²) in [7, 11) is -4.36. The van der Waals surface area contributed by atoms with Gasteiger partial charge in [-0.3, -0.25) is 4.90 Å². The van der Waals surface area contributed by atoms with Crippen molar-refractivity contribution in [2.24, 2.45) is 4.76 Å². The van der Waals surface area contributed by atoms with E-state index in [0.717, 1.165) is 41.9 Å². The molecule has 52 heavy (non-hydrogen) atoms. The Morgan fingerprint density at radius 1 is 0.731 bits per heavy atom. The third-order valence-electron chi connectivity index (χ3n) is 8.97. The molecule has 0 radical (unpaired) electrons. The molecule has 0 aromatic heterocycles. The second kappa shape index (κ2) is 15.2. The van der Waals surface area contributed by atoms with Crippen LogP contribution >= 0.6 is 7.75 Å². The van der Waals surface area contributed by atoms with Crippen molar-refractivity contribution in [3.8, 4) is 23.0 Å². The van der Waals surface area contributed by atoms with Crippen LogP contribution in [0.4, 0.5) is 13.2 Å². The Morgan fingerprint density at radius 2 is 1.37 bits per heavy atom. The van der Waals surface area contributed by atoms with Gasteiger partial charge >= 0.3 is 14.1 Å². The number of halogens is 3. The lowest BCUT2D eigenvalue weighted by molar-refractivity contribution is -0.274. The van der Waals surface area contributed by atoms with Crippen molar-refractivity contribution in [2.45, 2.75) is 44.8 Å². The molecule has 2 aliphatic rings. The van der Waals surface area contributed by atoms with Crippen LogP contribution in [0.5, 0.6) is 23.0 Å². The van der Waals surface area contributed by atoms with Gasteiger partial charge in [-0.05, 0) is 102 Å². The van der Waals surface area contributed by atoms with E-state index in [2.05, 4.69) is 21.8 Å². The predicted molar refractivity (Wildman–Crippen MR) is 192 cm³/mol. The van der Waals surface area contributed by atoms with E-state index < -0.39 is 20.2 Å². The number of aromatic hydroxyl groups is 1. The van der Waals surface area contributed by atoms with Crippen molar-refractivity contribution in [3.63, 3.8) is 0 Å². The van der Waals surface area contributed by atoms with E-state index >= 15 is 0 Å². The van der Waals surface area contributed by atoms with E-state index in [1.165, 1.54) is 31.0 Å². The van der Waals surface area contributed by atoms with Gasteiger partial charge in [0.2, 0.25) is 0 Å². The molecule has 1 N–H and O–H groups in total. The van der Waals surface area contributed by atoms with Crippen molar-refractivity contribution in [1.29, 1.82) is 0 Å². The number of likely N-dealkylation sites (tertiary alicyclic amines) is 1. The molecule has 0 spiro atoms. The molecular weight excluding hydrogens is 690 g/mol. The summed E-state index contributed by atoms with van der Waals surface area (Å²) in [6, 6.07) is 35.5. The average molecular weight is 728 g/mol. The largest absolute Gasteiger partial charge is 0.573 e. The summed E-state index contributed by atoms with van der Waals surface area (Å²) >= 11 is 0. The summed E-state index contributed by atoms with van der Waals surface area (Å²) < 4.78 is 75.6. The minimum Gasteiger partial charge on any atom is -0.508 e. The van der Waals surface area contributed by atoms with Gasteiger partial charge in [0.05, 0.1) is 6.04 Å². The number of phenols is 1. The monoisotopic (exact) mass is 727 g/mol. The Morgan fingerprint density at radius 3 is 2.00 bits per heavy atom. The molecule has 1 atom stereocenters. The smallest absolute Gasteiger partial charge is 0.508 e. The molecule has 268 valence electrons. The fraction of sp³-hybridized carbons (Fsp3) is 0.225. The highest BCUT2D eigenvalue weighted by Crippen LogP contribution is 2.52. The van der Waals surface area contributed by atoms with Crippen LogP contribution in [0.15, 0.2) is 132 Å². The number of hydrogen-bond donors (Lipinski definition) is 1. The first kappa shape index (κ1) is 35.2. The van der Waals surface area contributed by atoms with Gasteiger partial charge in [-0.1, -0.05) is 78.9 Å². The van der Waals surface area contributed by atoms with Gasteiger partial charge in [0.25, 0.3) is 0 Å². The third kappa shape index (κ3) is 8.78. The molecule has 1 fully saturated rings. The van der Waals surface area contributed by atoms with E-state index in [-0.39, 0.29) is 36.0 Å². The molecule has 12 heteroatoms. The van der Waals surface area contributed by atoms with E-state index in [0.29, 0.717) is 11.4 Å². The molecule has 5 aromatic rings. The highest BCUT2D eigenvalue weighted by Gasteiger charge is 2.38. The Hall–Kier alpha value is -5.25. The summed E-state index contributed by atoms with van der Waals surface area (Å²) in [5, 5.41) is 10.7. The summed E-state index contributed by atoms with van der Waals surface area (Å²) in [6.45, 7) is 2.97. The van der Waals surface area contributed by atoms with Crippen molar-refractivity contribution in [1.82, 2.24) is 9.80 Å². The van der Waals surface area contributed by atoms with Gasteiger partial charge in [-0.15, -0.1) is 17.9 Å². The van der Waals surface area contributed by atoms with Crippen LogP contribution in [0, 0.1) is 0 Å². The van der Waals surface area contributed by atoms with Crippen molar-refractivity contribution >= 4 is 13.6 Å². The number of fused-ring (bicyclic) bond motifs is 1. The zero-order valence-corrected chi connectivity index (χ0v) is 29.0. The van der Waals surface area contributed by atoms with Crippen molar-refractivity contribution in [3.05, 3.63) is 155 Å². The van der Waals surface area contributed by atoms with Crippen LogP contribution in [0.1, 0.15) is 46.7 Å². The standard InChI is InChI=1S/C40H37F3N3O5P/c41-40(42,43)49-36-15-9-10-30(24-36)28-46-38(44-52(48,50-34-11-3-1-4-12-34)51-35-13-5-2-6-14-35)25-32-20-21-33(47)26-37(32)39(46)31-18-16-29(17-19-31)27-45-22-7-8-23-45/h1-6,9-21,24,26,39,47H,7-8,22-23,25,27-28H2/b44-38-. The van der Waals surface area contributed by atoms with Gasteiger partial charge < -0.3 is 23.8 Å². The Bertz CT molecular complexity index is 2010. The zero-order chi connectivity index (χ0) is 36.1. The summed E-state index contributed by atoms with van der Waals surface area (Å²) in [5.41, 5.74) is 4.06. The topological polar surface area (TPSA) is 83.8 Å². The quantitative estimate of drug-likeness (QED) is 0.136. The van der Waals surface area contributed by atoms with E-state index in [4.69, 9.17) is 13.8 Å². The van der Waals surface area contributed by atoms with Crippen molar-refractivity contribution < 1.29 is 36.6 Å². The van der Waals surface area contributed by atoms with Crippen LogP contribution in [-0.4, -0.2) is 40.2 Å². The van der Waals surface area contributed by atoms with Crippen LogP contribution in [0.2, 0.25) is 0 Å². The maximum absolute atomic E-state index is 14.8. The first-order valence-electron chi connectivity index (χ1n) is 17.0. The second-order valence-electron chi connectivity index (χ2n) is 12.8. The highest BCUT2D eigenvalue weighted by molar-refractivity contribution is 7.53. The number of rotatable bonds is 11. The summed E-state index contributed by atoms with van der Waals surface area (Å²) in [4.78, 5) is 4.28. The van der Waals surface area contributed by atoms with Crippen LogP contribution in [0.3, 0.4) is 0 Å². The maximum atomic E-state index is 14.8. The van der Waals surface area contributed by atoms with Crippen LogP contribution < -0.4 is 13.8 Å². The number of hydrogen-bond acceptors (Lipinski definition) is 6. The SMILES string of the molecule is O=P(/N=C1/Cc2ccc(O)cc2C(c2ccc(CN3CCCC3)cc2)N1Cc1cccc(OC(F)(F)F)c1)(Oc1ccccc1)Oc1ccccc1. The fourth-order valence-electron chi connectivity index (χ4n) is 6.69.